The number of nitriles is 1. The zero-order valence-corrected chi connectivity index (χ0v) is 16.6. The molecule has 5 heteroatoms. The minimum absolute atomic E-state index is 0.191. The van der Waals surface area contributed by atoms with Crippen molar-refractivity contribution in [1.29, 1.82) is 5.26 Å². The van der Waals surface area contributed by atoms with Crippen LogP contribution in [0.4, 0.5) is 0 Å². The van der Waals surface area contributed by atoms with E-state index in [0.29, 0.717) is 0 Å². The summed E-state index contributed by atoms with van der Waals surface area (Å²) in [5.74, 6) is -0.242. The zero-order valence-electron chi connectivity index (χ0n) is 16.6. The van der Waals surface area contributed by atoms with Crippen LogP contribution in [0, 0.1) is 25.2 Å². The lowest BCUT2D eigenvalue weighted by Gasteiger charge is -2.16. The standard InChI is InChI=1S/C22H31N3O2/c1-16-12-18(17(2)25(16)15-21-10-7-11-27-21)13-19(14-23)22(26)24-20-8-5-3-4-6-9-20/h12-13,20-21H,3-11,15H2,1-2H3,(H,24,26)/b19-13+/t21-/m0/s1. The summed E-state index contributed by atoms with van der Waals surface area (Å²) < 4.78 is 7.99. The summed E-state index contributed by atoms with van der Waals surface area (Å²) in [5.41, 5.74) is 3.35. The van der Waals surface area contributed by atoms with Crippen LogP contribution in [0.3, 0.4) is 0 Å². The molecule has 2 aliphatic rings. The molecule has 2 heterocycles. The van der Waals surface area contributed by atoms with Crippen molar-refractivity contribution in [3.63, 3.8) is 0 Å². The van der Waals surface area contributed by atoms with Gasteiger partial charge in [0.1, 0.15) is 11.6 Å². The van der Waals surface area contributed by atoms with E-state index >= 15 is 0 Å². The Labute approximate surface area is 162 Å². The Hall–Kier alpha value is -2.06. The predicted molar refractivity (Wildman–Crippen MR) is 106 cm³/mol. The molecule has 1 saturated carbocycles. The fourth-order valence-corrected chi connectivity index (χ4v) is 4.24. The molecule has 5 nitrogen and oxygen atoms in total. The lowest BCUT2D eigenvalue weighted by Crippen LogP contribution is -2.35. The molecule has 1 N–H and O–H groups in total. The van der Waals surface area contributed by atoms with Gasteiger partial charge in [0.25, 0.3) is 5.91 Å². The Morgan fingerprint density at radius 2 is 2.00 bits per heavy atom. The SMILES string of the molecule is Cc1cc(/C=C(\C#N)C(=O)NC2CCCCCC2)c(C)n1C[C@@H]1CCCO1. The van der Waals surface area contributed by atoms with E-state index in [1.165, 1.54) is 12.8 Å². The first kappa shape index (κ1) is 19.7. The van der Waals surface area contributed by atoms with E-state index in [2.05, 4.69) is 28.9 Å². The van der Waals surface area contributed by atoms with Gasteiger partial charge in [-0.25, -0.2) is 0 Å². The highest BCUT2D eigenvalue weighted by Crippen LogP contribution is 2.22. The van der Waals surface area contributed by atoms with Gasteiger partial charge in [-0.1, -0.05) is 25.7 Å². The molecule has 1 aliphatic carbocycles. The van der Waals surface area contributed by atoms with Crippen molar-refractivity contribution >= 4 is 12.0 Å². The molecule has 1 amide bonds. The van der Waals surface area contributed by atoms with E-state index in [9.17, 15) is 10.1 Å². The Kier molecular flexibility index (Phi) is 6.73. The third-order valence-corrected chi connectivity index (χ3v) is 5.88. The van der Waals surface area contributed by atoms with Gasteiger partial charge < -0.3 is 14.6 Å². The first-order chi connectivity index (χ1) is 13.1. The summed E-state index contributed by atoms with van der Waals surface area (Å²) in [6.07, 6.45) is 11.0. The number of amides is 1. The number of nitrogens with zero attached hydrogens (tertiary/aromatic N) is 2. The van der Waals surface area contributed by atoms with Crippen molar-refractivity contribution in [3.05, 3.63) is 28.6 Å². The lowest BCUT2D eigenvalue weighted by atomic mass is 10.1. The van der Waals surface area contributed by atoms with Crippen LogP contribution in [0.25, 0.3) is 6.08 Å². The molecular formula is C22H31N3O2. The fourth-order valence-electron chi connectivity index (χ4n) is 4.24. The van der Waals surface area contributed by atoms with Crippen LogP contribution in [-0.4, -0.2) is 29.2 Å². The molecule has 1 aromatic heterocycles. The van der Waals surface area contributed by atoms with Gasteiger partial charge in [-0.2, -0.15) is 5.26 Å². The van der Waals surface area contributed by atoms with Crippen molar-refractivity contribution in [1.82, 2.24) is 9.88 Å². The normalized spacial score (nSPS) is 21.7. The molecule has 0 aromatic carbocycles. The predicted octanol–water partition coefficient (Wildman–Crippen LogP) is 4.03. The van der Waals surface area contributed by atoms with Gasteiger partial charge >= 0.3 is 0 Å². The second-order valence-corrected chi connectivity index (χ2v) is 7.90. The fraction of sp³-hybridized carbons (Fsp3) is 0.636. The topological polar surface area (TPSA) is 67.0 Å². The van der Waals surface area contributed by atoms with E-state index in [1.807, 2.05) is 6.92 Å². The highest BCUT2D eigenvalue weighted by molar-refractivity contribution is 6.02. The smallest absolute Gasteiger partial charge is 0.262 e. The molecule has 1 saturated heterocycles. The summed E-state index contributed by atoms with van der Waals surface area (Å²) in [4.78, 5) is 12.6. The Morgan fingerprint density at radius 1 is 1.26 bits per heavy atom. The summed E-state index contributed by atoms with van der Waals surface area (Å²) in [7, 11) is 0. The van der Waals surface area contributed by atoms with Gasteiger partial charge in [-0.3, -0.25) is 4.79 Å². The molecule has 0 radical (unpaired) electrons. The third-order valence-electron chi connectivity index (χ3n) is 5.88. The molecule has 0 bridgehead atoms. The highest BCUT2D eigenvalue weighted by atomic mass is 16.5. The molecular weight excluding hydrogens is 338 g/mol. The first-order valence-corrected chi connectivity index (χ1v) is 10.3. The van der Waals surface area contributed by atoms with Gasteiger partial charge in [0.15, 0.2) is 0 Å². The molecule has 1 aliphatic heterocycles. The maximum Gasteiger partial charge on any atom is 0.262 e. The maximum atomic E-state index is 12.6. The first-order valence-electron chi connectivity index (χ1n) is 10.3. The van der Waals surface area contributed by atoms with Gasteiger partial charge in [0, 0.05) is 30.6 Å². The quantitative estimate of drug-likeness (QED) is 0.484. The number of aromatic nitrogens is 1. The minimum Gasteiger partial charge on any atom is -0.376 e. The molecule has 0 unspecified atom stereocenters. The van der Waals surface area contributed by atoms with Crippen LogP contribution in [0.5, 0.6) is 0 Å². The average Bonchev–Trinajstić information content (AvgIpc) is 3.16. The number of aryl methyl sites for hydroxylation is 1. The number of carbonyl (C=O) groups is 1. The number of ether oxygens (including phenoxy) is 1. The molecule has 3 rings (SSSR count). The van der Waals surface area contributed by atoms with Crippen molar-refractivity contribution in [3.8, 4) is 6.07 Å². The van der Waals surface area contributed by atoms with Gasteiger partial charge in [-0.05, 0) is 57.2 Å². The molecule has 146 valence electrons. The van der Waals surface area contributed by atoms with Gasteiger partial charge in [-0.15, -0.1) is 0 Å². The third kappa shape index (κ3) is 5.01. The van der Waals surface area contributed by atoms with Crippen molar-refractivity contribution in [2.75, 3.05) is 6.61 Å². The minimum atomic E-state index is -0.242. The van der Waals surface area contributed by atoms with Crippen molar-refractivity contribution in [2.24, 2.45) is 0 Å². The Morgan fingerprint density at radius 3 is 2.63 bits per heavy atom. The second kappa shape index (κ2) is 9.23. The number of hydrogen-bond acceptors (Lipinski definition) is 3. The summed E-state index contributed by atoms with van der Waals surface area (Å²) in [6.45, 7) is 5.79. The van der Waals surface area contributed by atoms with Crippen molar-refractivity contribution in [2.45, 2.75) is 83.9 Å². The van der Waals surface area contributed by atoms with Crippen molar-refractivity contribution < 1.29 is 9.53 Å². The second-order valence-electron chi connectivity index (χ2n) is 7.90. The van der Waals surface area contributed by atoms with Crippen LogP contribution in [-0.2, 0) is 16.1 Å². The van der Waals surface area contributed by atoms with E-state index in [0.717, 1.165) is 68.6 Å². The van der Waals surface area contributed by atoms with Crippen LogP contribution in [0.15, 0.2) is 11.6 Å². The van der Waals surface area contributed by atoms with Crippen LogP contribution >= 0.6 is 0 Å². The molecule has 1 aromatic rings. The average molecular weight is 370 g/mol. The van der Waals surface area contributed by atoms with Crippen LogP contribution in [0.2, 0.25) is 0 Å². The Bertz CT molecular complexity index is 727. The van der Waals surface area contributed by atoms with E-state index in [1.54, 1.807) is 6.08 Å². The van der Waals surface area contributed by atoms with E-state index in [4.69, 9.17) is 4.74 Å². The monoisotopic (exact) mass is 369 g/mol. The van der Waals surface area contributed by atoms with Gasteiger partial charge in [0.2, 0.25) is 0 Å². The van der Waals surface area contributed by atoms with Crippen LogP contribution in [0.1, 0.15) is 68.3 Å². The number of carbonyl (C=O) groups excluding carboxylic acids is 1. The molecule has 0 spiro atoms. The number of nitrogens with one attached hydrogen (secondary N) is 1. The molecule has 27 heavy (non-hydrogen) atoms. The van der Waals surface area contributed by atoms with Gasteiger partial charge in [0.05, 0.1) is 6.10 Å². The summed E-state index contributed by atoms with van der Waals surface area (Å²) in [5, 5.41) is 12.6. The molecule has 2 fully saturated rings. The lowest BCUT2D eigenvalue weighted by molar-refractivity contribution is -0.117. The zero-order chi connectivity index (χ0) is 19.2. The largest absolute Gasteiger partial charge is 0.376 e. The van der Waals surface area contributed by atoms with E-state index < -0.39 is 0 Å². The number of rotatable bonds is 5. The summed E-state index contributed by atoms with van der Waals surface area (Å²) in [6, 6.07) is 4.35. The highest BCUT2D eigenvalue weighted by Gasteiger charge is 2.20. The molecule has 1 atom stereocenters. The maximum absolute atomic E-state index is 12.6. The van der Waals surface area contributed by atoms with E-state index in [-0.39, 0.29) is 23.6 Å². The Balaban J connectivity index is 1.72. The number of hydrogen-bond donors (Lipinski definition) is 1. The summed E-state index contributed by atoms with van der Waals surface area (Å²) >= 11 is 0. The van der Waals surface area contributed by atoms with Crippen LogP contribution < -0.4 is 5.32 Å².